The van der Waals surface area contributed by atoms with Gasteiger partial charge in [-0.05, 0) is 44.8 Å². The molecule has 70 valence electrons. The highest BCUT2D eigenvalue weighted by Crippen LogP contribution is 2.26. The van der Waals surface area contributed by atoms with E-state index >= 15 is 0 Å². The van der Waals surface area contributed by atoms with E-state index in [-0.39, 0.29) is 0 Å². The lowest BCUT2D eigenvalue weighted by atomic mass is 9.89. The van der Waals surface area contributed by atoms with Gasteiger partial charge in [0.05, 0.1) is 0 Å². The van der Waals surface area contributed by atoms with Gasteiger partial charge < -0.3 is 15.7 Å². The Hall–Kier alpha value is -0.770. The molecule has 0 aromatic heterocycles. The van der Waals surface area contributed by atoms with Crippen LogP contribution >= 0.6 is 0 Å². The number of primary amides is 1. The Bertz CT molecular complexity index is 126. The minimum Gasteiger partial charge on any atom is -0.465 e. The quantitative estimate of drug-likeness (QED) is 0.566. The number of carboxylic acid groups (broad SMARTS) is 1. The molecule has 4 nitrogen and oxygen atoms in total. The summed E-state index contributed by atoms with van der Waals surface area (Å²) in [5.74, 6) is 1.11. The number of amides is 1. The molecule has 3 rings (SSSR count). The molecule has 0 aromatic rings. The van der Waals surface area contributed by atoms with Crippen LogP contribution < -0.4 is 5.73 Å². The summed E-state index contributed by atoms with van der Waals surface area (Å²) in [5.41, 5.74) is 4.03. The summed E-state index contributed by atoms with van der Waals surface area (Å²) in [5, 5.41) is 7.19. The van der Waals surface area contributed by atoms with Crippen LogP contribution in [0.15, 0.2) is 0 Å². The van der Waals surface area contributed by atoms with Crippen molar-refractivity contribution >= 4 is 6.09 Å². The maximum Gasteiger partial charge on any atom is 0.402 e. The third-order valence-electron chi connectivity index (χ3n) is 2.56. The van der Waals surface area contributed by atoms with Crippen LogP contribution in [0.5, 0.6) is 0 Å². The normalized spacial score (nSPS) is 32.0. The van der Waals surface area contributed by atoms with Crippen LogP contribution in [0.3, 0.4) is 0 Å². The Labute approximate surface area is 72.3 Å². The lowest BCUT2D eigenvalue weighted by Gasteiger charge is -2.38. The van der Waals surface area contributed by atoms with E-state index in [0.717, 1.165) is 5.92 Å². The predicted molar refractivity (Wildman–Crippen MR) is 46.0 cm³/mol. The topological polar surface area (TPSA) is 66.6 Å². The first-order chi connectivity index (χ1) is 5.68. The van der Waals surface area contributed by atoms with Gasteiger partial charge in [0, 0.05) is 0 Å². The maximum atomic E-state index is 8.78. The zero-order valence-corrected chi connectivity index (χ0v) is 7.20. The number of rotatable bonds is 0. The summed E-state index contributed by atoms with van der Waals surface area (Å²) in [6.07, 6.45) is 3.13. The van der Waals surface area contributed by atoms with E-state index in [1.165, 1.54) is 38.9 Å². The molecule has 3 aliphatic heterocycles. The van der Waals surface area contributed by atoms with E-state index in [9.17, 15) is 0 Å². The minimum absolute atomic E-state index is 1.11. The van der Waals surface area contributed by atoms with Crippen LogP contribution in [0.4, 0.5) is 4.79 Å². The first-order valence-electron chi connectivity index (χ1n) is 4.39. The van der Waals surface area contributed by atoms with Gasteiger partial charge in [-0.1, -0.05) is 0 Å². The summed E-state index contributed by atoms with van der Waals surface area (Å²) >= 11 is 0. The fraction of sp³-hybridized carbons (Fsp3) is 0.875. The van der Waals surface area contributed by atoms with Crippen molar-refractivity contribution in [2.24, 2.45) is 11.7 Å². The van der Waals surface area contributed by atoms with E-state index in [4.69, 9.17) is 9.90 Å². The SMILES string of the molecule is C1CN2CCC1CC2.NC(=O)O. The third kappa shape index (κ3) is 3.09. The van der Waals surface area contributed by atoms with Gasteiger partial charge in [-0.15, -0.1) is 0 Å². The number of fused-ring (bicyclic) bond motifs is 3. The summed E-state index contributed by atoms with van der Waals surface area (Å²) < 4.78 is 0. The largest absolute Gasteiger partial charge is 0.465 e. The highest BCUT2D eigenvalue weighted by molar-refractivity contribution is 5.61. The molecule has 3 aliphatic rings. The number of nitrogens with zero attached hydrogens (tertiary/aromatic N) is 1. The molecular formula is C8H16N2O2. The maximum absolute atomic E-state index is 8.78. The average Bonchev–Trinajstić information content (AvgIpc) is 2.07. The van der Waals surface area contributed by atoms with Gasteiger partial charge in [0.25, 0.3) is 0 Å². The van der Waals surface area contributed by atoms with Gasteiger partial charge in [0.1, 0.15) is 0 Å². The summed E-state index contributed by atoms with van der Waals surface area (Å²) in [7, 11) is 0. The smallest absolute Gasteiger partial charge is 0.402 e. The molecule has 0 spiro atoms. The summed E-state index contributed by atoms with van der Waals surface area (Å²) in [6, 6.07) is 0. The van der Waals surface area contributed by atoms with Crippen molar-refractivity contribution in [3.63, 3.8) is 0 Å². The number of carbonyl (C=O) groups is 1. The van der Waals surface area contributed by atoms with Crippen molar-refractivity contribution in [2.75, 3.05) is 19.6 Å². The fourth-order valence-electron chi connectivity index (χ4n) is 1.86. The highest BCUT2D eigenvalue weighted by Gasteiger charge is 2.24. The Morgan fingerprint density at radius 1 is 1.25 bits per heavy atom. The minimum atomic E-state index is -1.33. The van der Waals surface area contributed by atoms with E-state index in [1.807, 2.05) is 0 Å². The molecule has 0 radical (unpaired) electrons. The van der Waals surface area contributed by atoms with E-state index < -0.39 is 6.09 Å². The van der Waals surface area contributed by atoms with Crippen LogP contribution in [-0.2, 0) is 0 Å². The Balaban J connectivity index is 0.000000157. The van der Waals surface area contributed by atoms with Crippen molar-refractivity contribution in [2.45, 2.75) is 19.3 Å². The fourth-order valence-corrected chi connectivity index (χ4v) is 1.86. The van der Waals surface area contributed by atoms with Crippen molar-refractivity contribution < 1.29 is 9.90 Å². The van der Waals surface area contributed by atoms with E-state index in [1.54, 1.807) is 0 Å². The summed E-state index contributed by atoms with van der Waals surface area (Å²) in [6.45, 7) is 4.18. The second-order valence-corrected chi connectivity index (χ2v) is 3.41. The van der Waals surface area contributed by atoms with Crippen molar-refractivity contribution in [3.8, 4) is 0 Å². The zero-order valence-electron chi connectivity index (χ0n) is 7.20. The molecule has 0 aromatic carbocycles. The molecule has 3 saturated heterocycles. The van der Waals surface area contributed by atoms with Crippen molar-refractivity contribution in [1.29, 1.82) is 0 Å². The lowest BCUT2D eigenvalue weighted by Crippen LogP contribution is -2.41. The molecule has 12 heavy (non-hydrogen) atoms. The van der Waals surface area contributed by atoms with Crippen LogP contribution in [0.25, 0.3) is 0 Å². The highest BCUT2D eigenvalue weighted by atomic mass is 16.4. The van der Waals surface area contributed by atoms with Crippen LogP contribution in [0, 0.1) is 5.92 Å². The van der Waals surface area contributed by atoms with Crippen LogP contribution in [-0.4, -0.2) is 35.7 Å². The summed E-state index contributed by atoms with van der Waals surface area (Å²) in [4.78, 5) is 11.4. The molecule has 3 fully saturated rings. The monoisotopic (exact) mass is 172 g/mol. The molecule has 0 saturated carbocycles. The van der Waals surface area contributed by atoms with Gasteiger partial charge in [0.2, 0.25) is 0 Å². The van der Waals surface area contributed by atoms with Crippen LogP contribution in [0.2, 0.25) is 0 Å². The molecule has 4 heteroatoms. The molecular weight excluding hydrogens is 156 g/mol. The number of piperidine rings is 3. The van der Waals surface area contributed by atoms with Gasteiger partial charge in [-0.2, -0.15) is 0 Å². The van der Waals surface area contributed by atoms with Gasteiger partial charge in [-0.3, -0.25) is 0 Å². The zero-order chi connectivity index (χ0) is 8.97. The van der Waals surface area contributed by atoms with Gasteiger partial charge >= 0.3 is 6.09 Å². The Morgan fingerprint density at radius 2 is 1.58 bits per heavy atom. The molecule has 3 N–H and O–H groups in total. The van der Waals surface area contributed by atoms with E-state index in [2.05, 4.69) is 10.6 Å². The molecule has 0 unspecified atom stereocenters. The van der Waals surface area contributed by atoms with Crippen LogP contribution in [0.1, 0.15) is 19.3 Å². The number of hydrogen-bond acceptors (Lipinski definition) is 2. The molecule has 1 amide bonds. The molecule has 0 atom stereocenters. The molecule has 0 aliphatic carbocycles. The number of nitrogens with two attached hydrogens (primary N) is 1. The van der Waals surface area contributed by atoms with Gasteiger partial charge in [-0.25, -0.2) is 4.79 Å². The molecule has 2 bridgehead atoms. The first-order valence-corrected chi connectivity index (χ1v) is 4.39. The standard InChI is InChI=1S/C7H13N.CH3NO2/c1-4-8-5-2-7(1)3-6-8;2-1(3)4/h7H,1-6H2;2H2,(H,3,4). The Kier molecular flexibility index (Phi) is 3.34. The third-order valence-corrected chi connectivity index (χ3v) is 2.56. The average molecular weight is 172 g/mol. The Morgan fingerprint density at radius 3 is 1.67 bits per heavy atom. The molecule has 3 heterocycles. The van der Waals surface area contributed by atoms with Gasteiger partial charge in [0.15, 0.2) is 0 Å². The second kappa shape index (κ2) is 4.30. The first kappa shape index (κ1) is 9.32. The van der Waals surface area contributed by atoms with Crippen molar-refractivity contribution in [3.05, 3.63) is 0 Å². The predicted octanol–water partition coefficient (Wildman–Crippen LogP) is 0.725. The second-order valence-electron chi connectivity index (χ2n) is 3.41. The van der Waals surface area contributed by atoms with Crippen molar-refractivity contribution in [1.82, 2.24) is 4.90 Å². The number of hydrogen-bond donors (Lipinski definition) is 2. The van der Waals surface area contributed by atoms with E-state index in [0.29, 0.717) is 0 Å². The lowest BCUT2D eigenvalue weighted by molar-refractivity contribution is 0.111.